The lowest BCUT2D eigenvalue weighted by atomic mass is 10.2. The summed E-state index contributed by atoms with van der Waals surface area (Å²) in [6.45, 7) is 5.18. The molecule has 21 heavy (non-hydrogen) atoms. The van der Waals surface area contributed by atoms with Crippen LogP contribution >= 0.6 is 34.8 Å². The van der Waals surface area contributed by atoms with Crippen molar-refractivity contribution in [2.75, 3.05) is 20.2 Å². The highest BCUT2D eigenvalue weighted by atomic mass is 35.6. The van der Waals surface area contributed by atoms with Gasteiger partial charge in [-0.15, -0.1) is 0 Å². The molecule has 1 aromatic carbocycles. The van der Waals surface area contributed by atoms with Crippen LogP contribution in [0.25, 0.3) is 0 Å². The van der Waals surface area contributed by atoms with Crippen LogP contribution in [0.5, 0.6) is 5.75 Å². The molecule has 0 saturated heterocycles. The number of ether oxygens (including phenoxy) is 1. The standard InChI is InChI=1S/C14H19Cl3N2O2/c1-4-19(5-2)13(14(15,16)17)18-12(20)10-6-8-11(21-3)9-7-10/h6-9,13H,4-5H2,1-3H3,(H,18,20)/t13-/m1/s1. The van der Waals surface area contributed by atoms with E-state index in [4.69, 9.17) is 39.5 Å². The van der Waals surface area contributed by atoms with E-state index in [1.54, 1.807) is 31.4 Å². The molecular formula is C14H19Cl3N2O2. The van der Waals surface area contributed by atoms with E-state index in [1.165, 1.54) is 0 Å². The van der Waals surface area contributed by atoms with Crippen LogP contribution in [0.4, 0.5) is 0 Å². The van der Waals surface area contributed by atoms with E-state index < -0.39 is 9.96 Å². The number of carbonyl (C=O) groups is 1. The van der Waals surface area contributed by atoms with Gasteiger partial charge in [-0.05, 0) is 37.4 Å². The number of nitrogens with one attached hydrogen (secondary N) is 1. The highest BCUT2D eigenvalue weighted by molar-refractivity contribution is 6.68. The highest BCUT2D eigenvalue weighted by Crippen LogP contribution is 2.32. The highest BCUT2D eigenvalue weighted by Gasteiger charge is 2.37. The molecule has 1 aromatic rings. The number of rotatable bonds is 6. The monoisotopic (exact) mass is 352 g/mol. The van der Waals surface area contributed by atoms with Crippen LogP contribution in [-0.2, 0) is 0 Å². The van der Waals surface area contributed by atoms with Gasteiger partial charge in [0.25, 0.3) is 5.91 Å². The minimum absolute atomic E-state index is 0.305. The number of halogens is 3. The van der Waals surface area contributed by atoms with E-state index in [0.29, 0.717) is 24.4 Å². The van der Waals surface area contributed by atoms with Gasteiger partial charge in [0, 0.05) is 5.56 Å². The summed E-state index contributed by atoms with van der Waals surface area (Å²) in [6, 6.07) is 6.73. The molecule has 0 spiro atoms. The summed E-state index contributed by atoms with van der Waals surface area (Å²) in [5, 5.41) is 2.76. The maximum absolute atomic E-state index is 12.3. The second-order valence-electron chi connectivity index (χ2n) is 4.37. The van der Waals surface area contributed by atoms with E-state index in [9.17, 15) is 4.79 Å². The third-order valence-corrected chi connectivity index (χ3v) is 3.73. The zero-order valence-electron chi connectivity index (χ0n) is 12.2. The van der Waals surface area contributed by atoms with Crippen LogP contribution in [-0.4, -0.2) is 41.0 Å². The lowest BCUT2D eigenvalue weighted by molar-refractivity contribution is 0.0862. The normalized spacial score (nSPS) is 13.1. The maximum atomic E-state index is 12.3. The Morgan fingerprint density at radius 2 is 1.76 bits per heavy atom. The van der Waals surface area contributed by atoms with Crippen molar-refractivity contribution in [3.63, 3.8) is 0 Å². The van der Waals surface area contributed by atoms with Crippen molar-refractivity contribution in [1.82, 2.24) is 10.2 Å². The Hall–Kier alpha value is -0.680. The van der Waals surface area contributed by atoms with Gasteiger partial charge in [0.15, 0.2) is 0 Å². The number of amides is 1. The van der Waals surface area contributed by atoms with E-state index in [-0.39, 0.29) is 5.91 Å². The fourth-order valence-corrected chi connectivity index (χ4v) is 2.50. The molecule has 0 aliphatic heterocycles. The molecule has 0 aliphatic carbocycles. The van der Waals surface area contributed by atoms with Crippen LogP contribution in [0.1, 0.15) is 24.2 Å². The van der Waals surface area contributed by atoms with Gasteiger partial charge in [-0.3, -0.25) is 9.69 Å². The molecule has 1 rings (SSSR count). The largest absolute Gasteiger partial charge is 0.497 e. The summed E-state index contributed by atoms with van der Waals surface area (Å²) >= 11 is 18.0. The molecule has 1 N–H and O–H groups in total. The van der Waals surface area contributed by atoms with Crippen molar-refractivity contribution in [3.05, 3.63) is 29.8 Å². The fraction of sp³-hybridized carbons (Fsp3) is 0.500. The number of hydrogen-bond donors (Lipinski definition) is 1. The van der Waals surface area contributed by atoms with Gasteiger partial charge in [0.1, 0.15) is 11.9 Å². The number of hydrogen-bond acceptors (Lipinski definition) is 3. The van der Waals surface area contributed by atoms with Gasteiger partial charge < -0.3 is 10.1 Å². The van der Waals surface area contributed by atoms with Gasteiger partial charge in [-0.25, -0.2) is 0 Å². The van der Waals surface area contributed by atoms with Crippen molar-refractivity contribution < 1.29 is 9.53 Å². The Kier molecular flexibility index (Phi) is 7.07. The molecule has 1 atom stereocenters. The number of nitrogens with zero attached hydrogens (tertiary/aromatic N) is 1. The average Bonchev–Trinajstić information content (AvgIpc) is 2.46. The Morgan fingerprint density at radius 3 is 2.14 bits per heavy atom. The molecular weight excluding hydrogens is 335 g/mol. The van der Waals surface area contributed by atoms with Gasteiger partial charge in [-0.1, -0.05) is 48.7 Å². The quantitative estimate of drug-likeness (QED) is 0.629. The first-order chi connectivity index (χ1) is 9.83. The van der Waals surface area contributed by atoms with Crippen LogP contribution in [0.2, 0.25) is 0 Å². The lowest BCUT2D eigenvalue weighted by Gasteiger charge is -2.35. The number of benzene rings is 1. The third kappa shape index (κ3) is 5.22. The summed E-state index contributed by atoms with van der Waals surface area (Å²) in [5.41, 5.74) is 0.474. The maximum Gasteiger partial charge on any atom is 0.252 e. The molecule has 0 aliphatic rings. The van der Waals surface area contributed by atoms with E-state index in [1.807, 2.05) is 18.7 Å². The molecule has 7 heteroatoms. The molecule has 0 radical (unpaired) electrons. The first kappa shape index (κ1) is 18.4. The van der Waals surface area contributed by atoms with Gasteiger partial charge in [0.05, 0.1) is 7.11 Å². The molecule has 0 fully saturated rings. The zero-order chi connectivity index (χ0) is 16.0. The topological polar surface area (TPSA) is 41.6 Å². The van der Waals surface area contributed by atoms with Crippen LogP contribution in [0.15, 0.2) is 24.3 Å². The van der Waals surface area contributed by atoms with Crippen LogP contribution in [0, 0.1) is 0 Å². The van der Waals surface area contributed by atoms with E-state index in [2.05, 4.69) is 5.32 Å². The summed E-state index contributed by atoms with van der Waals surface area (Å²) in [7, 11) is 1.56. The number of methoxy groups -OCH3 is 1. The fourth-order valence-electron chi connectivity index (χ4n) is 1.92. The minimum Gasteiger partial charge on any atom is -0.497 e. The van der Waals surface area contributed by atoms with Crippen molar-refractivity contribution >= 4 is 40.7 Å². The molecule has 1 amide bonds. The van der Waals surface area contributed by atoms with Crippen LogP contribution in [0.3, 0.4) is 0 Å². The second kappa shape index (κ2) is 8.08. The first-order valence-corrected chi connectivity index (χ1v) is 7.72. The van der Waals surface area contributed by atoms with Crippen molar-refractivity contribution in [1.29, 1.82) is 0 Å². The van der Waals surface area contributed by atoms with Crippen molar-refractivity contribution in [3.8, 4) is 5.75 Å². The molecule has 0 aromatic heterocycles. The van der Waals surface area contributed by atoms with E-state index in [0.717, 1.165) is 0 Å². The van der Waals surface area contributed by atoms with Gasteiger partial charge in [0.2, 0.25) is 3.79 Å². The summed E-state index contributed by atoms with van der Waals surface area (Å²) in [5.74, 6) is 0.370. The third-order valence-electron chi connectivity index (χ3n) is 3.11. The predicted molar refractivity (Wildman–Crippen MR) is 87.5 cm³/mol. The molecule has 0 unspecified atom stereocenters. The lowest BCUT2D eigenvalue weighted by Crippen LogP contribution is -2.55. The Balaban J connectivity index is 2.89. The first-order valence-electron chi connectivity index (χ1n) is 6.59. The van der Waals surface area contributed by atoms with Gasteiger partial charge in [-0.2, -0.15) is 0 Å². The Morgan fingerprint density at radius 1 is 1.24 bits per heavy atom. The predicted octanol–water partition coefficient (Wildman–Crippen LogP) is 3.46. The molecule has 118 valence electrons. The number of carbonyl (C=O) groups excluding carboxylic acids is 1. The van der Waals surface area contributed by atoms with Crippen molar-refractivity contribution in [2.24, 2.45) is 0 Å². The molecule has 4 nitrogen and oxygen atoms in total. The smallest absolute Gasteiger partial charge is 0.252 e. The van der Waals surface area contributed by atoms with Crippen LogP contribution < -0.4 is 10.1 Å². The second-order valence-corrected chi connectivity index (χ2v) is 6.74. The number of alkyl halides is 3. The molecule has 0 heterocycles. The van der Waals surface area contributed by atoms with E-state index >= 15 is 0 Å². The minimum atomic E-state index is -1.62. The Labute approximate surface area is 140 Å². The SMILES string of the molecule is CCN(CC)[C@@H](NC(=O)c1ccc(OC)cc1)C(Cl)(Cl)Cl. The average molecular weight is 354 g/mol. The summed E-state index contributed by atoms with van der Waals surface area (Å²) in [6.07, 6.45) is -0.702. The summed E-state index contributed by atoms with van der Waals surface area (Å²) < 4.78 is 3.44. The molecule has 0 saturated carbocycles. The molecule has 0 bridgehead atoms. The Bertz CT molecular complexity index is 456. The summed E-state index contributed by atoms with van der Waals surface area (Å²) in [4.78, 5) is 14.2. The van der Waals surface area contributed by atoms with Gasteiger partial charge >= 0.3 is 0 Å². The zero-order valence-corrected chi connectivity index (χ0v) is 14.5. The van der Waals surface area contributed by atoms with Crippen molar-refractivity contribution in [2.45, 2.75) is 23.8 Å².